The summed E-state index contributed by atoms with van der Waals surface area (Å²) in [7, 11) is -1.70. The van der Waals surface area contributed by atoms with Gasteiger partial charge in [0.2, 0.25) is 0 Å². The van der Waals surface area contributed by atoms with E-state index in [0.29, 0.717) is 13.2 Å². The van der Waals surface area contributed by atoms with Crippen molar-refractivity contribution in [1.82, 2.24) is 0 Å². The molecule has 0 aromatic carbocycles. The second kappa shape index (κ2) is 6.37. The van der Waals surface area contributed by atoms with Crippen molar-refractivity contribution in [3.8, 4) is 0 Å². The molecule has 112 valence electrons. The van der Waals surface area contributed by atoms with Gasteiger partial charge in [-0.25, -0.2) is 0 Å². The Morgan fingerprint density at radius 1 is 1.32 bits per heavy atom. The summed E-state index contributed by atoms with van der Waals surface area (Å²) in [4.78, 5) is 10.9. The highest BCUT2D eigenvalue weighted by atomic mass is 28.4. The summed E-state index contributed by atoms with van der Waals surface area (Å²) in [5.74, 6) is -0.232. The standard InChI is InChI=1S/C14H28O4Si/c1-11(15)18-13-8-7-12(16-9-13)10-17-19(5,6)14(2,3)4/h12-13H,7-10H2,1-6H3/t12-,13-/m0/s1. The third-order valence-electron chi connectivity index (χ3n) is 4.10. The van der Waals surface area contributed by atoms with Crippen LogP contribution < -0.4 is 0 Å². The first-order chi connectivity index (χ1) is 8.62. The van der Waals surface area contributed by atoms with Crippen LogP contribution in [-0.2, 0) is 18.7 Å². The Balaban J connectivity index is 2.32. The highest BCUT2D eigenvalue weighted by molar-refractivity contribution is 6.74. The van der Waals surface area contributed by atoms with E-state index < -0.39 is 8.32 Å². The lowest BCUT2D eigenvalue weighted by molar-refractivity contribution is -0.157. The van der Waals surface area contributed by atoms with Crippen LogP contribution in [0.5, 0.6) is 0 Å². The van der Waals surface area contributed by atoms with Crippen molar-refractivity contribution in [3.63, 3.8) is 0 Å². The molecule has 0 aromatic rings. The van der Waals surface area contributed by atoms with Gasteiger partial charge in [0.05, 0.1) is 19.3 Å². The zero-order valence-corrected chi connectivity index (χ0v) is 14.1. The monoisotopic (exact) mass is 288 g/mol. The Labute approximate surface area is 117 Å². The third kappa shape index (κ3) is 5.24. The van der Waals surface area contributed by atoms with Gasteiger partial charge in [-0.1, -0.05) is 20.8 Å². The smallest absolute Gasteiger partial charge is 0.302 e. The van der Waals surface area contributed by atoms with Crippen LogP contribution in [0, 0.1) is 0 Å². The second-order valence-electron chi connectivity index (χ2n) is 6.84. The van der Waals surface area contributed by atoms with Crippen LogP contribution in [0.2, 0.25) is 18.1 Å². The summed E-state index contributed by atoms with van der Waals surface area (Å²) < 4.78 is 17.0. The summed E-state index contributed by atoms with van der Waals surface area (Å²) in [6, 6.07) is 0. The SMILES string of the molecule is CC(=O)O[C@H]1CC[C@@H](CO[Si](C)(C)C(C)(C)C)OC1. The summed E-state index contributed by atoms with van der Waals surface area (Å²) in [5, 5.41) is 0.224. The Hall–Kier alpha value is -0.393. The summed E-state index contributed by atoms with van der Waals surface area (Å²) >= 11 is 0. The van der Waals surface area contributed by atoms with Crippen molar-refractivity contribution in [2.75, 3.05) is 13.2 Å². The maximum Gasteiger partial charge on any atom is 0.302 e. The topological polar surface area (TPSA) is 44.8 Å². The molecule has 1 heterocycles. The Morgan fingerprint density at radius 3 is 2.37 bits per heavy atom. The number of carbonyl (C=O) groups excluding carboxylic acids is 1. The number of rotatable bonds is 4. The molecule has 2 atom stereocenters. The van der Waals surface area contributed by atoms with Gasteiger partial charge in [0.1, 0.15) is 6.10 Å². The third-order valence-corrected chi connectivity index (χ3v) is 8.60. The molecule has 0 spiro atoms. The first-order valence-electron chi connectivity index (χ1n) is 7.04. The Morgan fingerprint density at radius 2 is 1.95 bits per heavy atom. The molecule has 19 heavy (non-hydrogen) atoms. The Bertz CT molecular complexity index is 301. The fraction of sp³-hybridized carbons (Fsp3) is 0.929. The molecule has 1 rings (SSSR count). The first kappa shape index (κ1) is 16.7. The minimum atomic E-state index is -1.70. The zero-order chi connectivity index (χ0) is 14.7. The molecule has 5 heteroatoms. The molecule has 1 fully saturated rings. The van der Waals surface area contributed by atoms with Crippen LogP contribution in [0.15, 0.2) is 0 Å². The van der Waals surface area contributed by atoms with Crippen LogP contribution in [0.3, 0.4) is 0 Å². The molecule has 1 aliphatic heterocycles. The molecule has 0 aromatic heterocycles. The van der Waals surface area contributed by atoms with Gasteiger partial charge in [0, 0.05) is 6.92 Å². The normalized spacial score (nSPS) is 25.2. The highest BCUT2D eigenvalue weighted by Gasteiger charge is 2.38. The average molecular weight is 288 g/mol. The maximum absolute atomic E-state index is 10.9. The molecule has 0 aliphatic carbocycles. The molecule has 1 saturated heterocycles. The number of esters is 1. The second-order valence-corrected chi connectivity index (χ2v) is 11.6. The summed E-state index contributed by atoms with van der Waals surface area (Å²) in [6.07, 6.45) is 1.82. The van der Waals surface area contributed by atoms with Crippen LogP contribution in [0.1, 0.15) is 40.5 Å². The molecule has 0 amide bonds. The molecular weight excluding hydrogens is 260 g/mol. The van der Waals surface area contributed by atoms with Gasteiger partial charge in [-0.2, -0.15) is 0 Å². The van der Waals surface area contributed by atoms with E-state index in [-0.39, 0.29) is 23.2 Å². The zero-order valence-electron chi connectivity index (χ0n) is 13.1. The van der Waals surface area contributed by atoms with E-state index in [1.807, 2.05) is 0 Å². The van der Waals surface area contributed by atoms with Gasteiger partial charge in [-0.05, 0) is 31.0 Å². The molecule has 1 aliphatic rings. The lowest BCUT2D eigenvalue weighted by Gasteiger charge is -2.38. The van der Waals surface area contributed by atoms with E-state index in [2.05, 4.69) is 33.9 Å². The summed E-state index contributed by atoms with van der Waals surface area (Å²) in [5.41, 5.74) is 0. The largest absolute Gasteiger partial charge is 0.460 e. The quantitative estimate of drug-likeness (QED) is 0.589. The van der Waals surface area contributed by atoms with Crippen molar-refractivity contribution in [2.45, 2.75) is 70.9 Å². The van der Waals surface area contributed by atoms with E-state index in [9.17, 15) is 4.79 Å². The summed E-state index contributed by atoms with van der Waals surface area (Å²) in [6.45, 7) is 13.8. The van der Waals surface area contributed by atoms with E-state index in [1.54, 1.807) is 0 Å². The fourth-order valence-electron chi connectivity index (χ4n) is 1.76. The molecule has 0 bridgehead atoms. The van der Waals surface area contributed by atoms with Crippen molar-refractivity contribution in [1.29, 1.82) is 0 Å². The van der Waals surface area contributed by atoms with E-state index >= 15 is 0 Å². The van der Waals surface area contributed by atoms with Gasteiger partial charge in [-0.15, -0.1) is 0 Å². The number of carbonyl (C=O) groups is 1. The number of hydrogen-bond acceptors (Lipinski definition) is 4. The van der Waals surface area contributed by atoms with Gasteiger partial charge in [0.25, 0.3) is 0 Å². The minimum absolute atomic E-state index is 0.0818. The predicted octanol–water partition coefficient (Wildman–Crippen LogP) is 3.12. The molecule has 0 saturated carbocycles. The molecule has 0 N–H and O–H groups in total. The Kier molecular flexibility index (Phi) is 5.59. The van der Waals surface area contributed by atoms with Crippen molar-refractivity contribution >= 4 is 14.3 Å². The van der Waals surface area contributed by atoms with Crippen LogP contribution in [0.25, 0.3) is 0 Å². The van der Waals surface area contributed by atoms with Gasteiger partial charge < -0.3 is 13.9 Å². The molecule has 0 unspecified atom stereocenters. The van der Waals surface area contributed by atoms with Crippen LogP contribution in [-0.4, -0.2) is 39.7 Å². The van der Waals surface area contributed by atoms with E-state index in [4.69, 9.17) is 13.9 Å². The number of ether oxygens (including phenoxy) is 2. The first-order valence-corrected chi connectivity index (χ1v) is 9.95. The van der Waals surface area contributed by atoms with Crippen molar-refractivity contribution < 1.29 is 18.7 Å². The highest BCUT2D eigenvalue weighted by Crippen LogP contribution is 2.36. The molecule has 4 nitrogen and oxygen atoms in total. The number of hydrogen-bond donors (Lipinski definition) is 0. The van der Waals surface area contributed by atoms with Crippen molar-refractivity contribution in [2.24, 2.45) is 0 Å². The van der Waals surface area contributed by atoms with E-state index in [1.165, 1.54) is 6.92 Å². The molecule has 0 radical (unpaired) electrons. The van der Waals surface area contributed by atoms with Crippen molar-refractivity contribution in [3.05, 3.63) is 0 Å². The van der Waals surface area contributed by atoms with Gasteiger partial charge in [-0.3, -0.25) is 4.79 Å². The fourth-order valence-corrected chi connectivity index (χ4v) is 2.79. The van der Waals surface area contributed by atoms with Gasteiger partial charge >= 0.3 is 5.97 Å². The average Bonchev–Trinajstić information content (AvgIpc) is 2.26. The lowest BCUT2D eigenvalue weighted by atomic mass is 10.1. The minimum Gasteiger partial charge on any atom is -0.460 e. The molecular formula is C14H28O4Si. The van der Waals surface area contributed by atoms with Crippen LogP contribution >= 0.6 is 0 Å². The van der Waals surface area contributed by atoms with Gasteiger partial charge in [0.15, 0.2) is 8.32 Å². The lowest BCUT2D eigenvalue weighted by Crippen LogP contribution is -2.44. The van der Waals surface area contributed by atoms with Crippen LogP contribution in [0.4, 0.5) is 0 Å². The van der Waals surface area contributed by atoms with E-state index in [0.717, 1.165) is 12.8 Å². The predicted molar refractivity (Wildman–Crippen MR) is 77.7 cm³/mol. The maximum atomic E-state index is 10.9.